The van der Waals surface area contributed by atoms with Gasteiger partial charge in [0.15, 0.2) is 18.1 Å². The fourth-order valence-electron chi connectivity index (χ4n) is 2.86. The molecule has 0 aliphatic rings. The molecule has 27 heavy (non-hydrogen) atoms. The van der Waals surface area contributed by atoms with Crippen molar-refractivity contribution in [3.63, 3.8) is 0 Å². The second-order valence-electron chi connectivity index (χ2n) is 6.27. The van der Waals surface area contributed by atoms with Crippen molar-refractivity contribution in [2.75, 3.05) is 13.1 Å². The molecule has 0 spiro atoms. The van der Waals surface area contributed by atoms with E-state index in [2.05, 4.69) is 5.32 Å². The number of quaternary nitrogens is 1. The highest BCUT2D eigenvalue weighted by atomic mass is 35.5. The summed E-state index contributed by atoms with van der Waals surface area (Å²) in [7, 11) is 0. The molecular formula is C20H21Cl2N2O3+. The first-order valence-electron chi connectivity index (χ1n) is 8.69. The van der Waals surface area contributed by atoms with Crippen molar-refractivity contribution in [2.24, 2.45) is 0 Å². The van der Waals surface area contributed by atoms with Crippen LogP contribution in [-0.4, -0.2) is 19.0 Å². The number of nitrogens with one attached hydrogen (secondary N) is 2. The van der Waals surface area contributed by atoms with Crippen LogP contribution >= 0.6 is 23.2 Å². The Balaban J connectivity index is 1.52. The molecule has 142 valence electrons. The first-order chi connectivity index (χ1) is 13.1. The van der Waals surface area contributed by atoms with Crippen LogP contribution in [0.5, 0.6) is 0 Å². The Hall–Kier alpha value is -2.21. The van der Waals surface area contributed by atoms with Crippen LogP contribution in [0.25, 0.3) is 0 Å². The molecule has 0 radical (unpaired) electrons. The first-order valence-corrected chi connectivity index (χ1v) is 9.44. The summed E-state index contributed by atoms with van der Waals surface area (Å²) in [5, 5.41) is 4.16. The van der Waals surface area contributed by atoms with E-state index in [9.17, 15) is 4.79 Å². The summed E-state index contributed by atoms with van der Waals surface area (Å²) in [6.07, 6.45) is 3.92. The molecule has 2 heterocycles. The molecule has 0 saturated heterocycles. The highest BCUT2D eigenvalue weighted by molar-refractivity contribution is 6.35. The lowest BCUT2D eigenvalue weighted by Crippen LogP contribution is -3.10. The van der Waals surface area contributed by atoms with E-state index in [4.69, 9.17) is 32.0 Å². The maximum absolute atomic E-state index is 12.4. The lowest BCUT2D eigenvalue weighted by atomic mass is 10.1. The summed E-state index contributed by atoms with van der Waals surface area (Å²) in [5.74, 6) is 1.63. The van der Waals surface area contributed by atoms with E-state index in [1.807, 2.05) is 30.3 Å². The average molecular weight is 408 g/mol. The predicted octanol–water partition coefficient (Wildman–Crippen LogP) is 3.12. The van der Waals surface area contributed by atoms with Crippen molar-refractivity contribution in [1.82, 2.24) is 5.32 Å². The number of carbonyl (C=O) groups excluding carboxylic acids is 1. The Morgan fingerprint density at radius 3 is 2.22 bits per heavy atom. The van der Waals surface area contributed by atoms with E-state index in [0.29, 0.717) is 42.6 Å². The molecule has 5 nitrogen and oxygen atoms in total. The van der Waals surface area contributed by atoms with Gasteiger partial charge in [-0.25, -0.2) is 0 Å². The van der Waals surface area contributed by atoms with E-state index < -0.39 is 0 Å². The molecule has 0 unspecified atom stereocenters. The summed E-state index contributed by atoms with van der Waals surface area (Å²) in [6.45, 7) is 2.03. The van der Waals surface area contributed by atoms with Gasteiger partial charge < -0.3 is 19.1 Å². The van der Waals surface area contributed by atoms with Gasteiger partial charge in [-0.2, -0.15) is 0 Å². The van der Waals surface area contributed by atoms with Crippen molar-refractivity contribution in [1.29, 1.82) is 0 Å². The minimum Gasteiger partial charge on any atom is -0.463 e. The molecule has 0 aliphatic heterocycles. The number of furan rings is 2. The number of hydrogen-bond acceptors (Lipinski definition) is 3. The van der Waals surface area contributed by atoms with Gasteiger partial charge >= 0.3 is 0 Å². The highest BCUT2D eigenvalue weighted by Crippen LogP contribution is 2.20. The minimum atomic E-state index is -0.0341. The molecule has 0 saturated carbocycles. The zero-order valence-corrected chi connectivity index (χ0v) is 16.2. The number of amides is 1. The third-order valence-corrected chi connectivity index (χ3v) is 4.74. The Labute approximate surface area is 167 Å². The van der Waals surface area contributed by atoms with Crippen LogP contribution in [0.3, 0.4) is 0 Å². The molecule has 0 fully saturated rings. The standard InChI is InChI=1S/C20H20Cl2N2O3/c21-16-6-5-15(19(22)11-16)7-8-23-20(25)14-24(12-17-3-1-9-26-17)13-18-4-2-10-27-18/h1-6,9-11H,7-8,12-14H2,(H,23,25)/p+1. The Bertz CT molecular complexity index is 812. The van der Waals surface area contributed by atoms with E-state index >= 15 is 0 Å². The fraction of sp³-hybridized carbons (Fsp3) is 0.250. The van der Waals surface area contributed by atoms with E-state index in [1.54, 1.807) is 24.7 Å². The Morgan fingerprint density at radius 2 is 1.67 bits per heavy atom. The lowest BCUT2D eigenvalue weighted by Gasteiger charge is -2.17. The molecule has 1 aromatic carbocycles. The zero-order valence-electron chi connectivity index (χ0n) is 14.7. The van der Waals surface area contributed by atoms with Gasteiger partial charge in [0, 0.05) is 16.6 Å². The Kier molecular flexibility index (Phi) is 6.98. The van der Waals surface area contributed by atoms with Crippen molar-refractivity contribution in [3.05, 3.63) is 82.1 Å². The second-order valence-corrected chi connectivity index (χ2v) is 7.12. The quantitative estimate of drug-likeness (QED) is 0.572. The monoisotopic (exact) mass is 407 g/mol. The molecule has 0 bridgehead atoms. The van der Waals surface area contributed by atoms with Crippen LogP contribution in [0.2, 0.25) is 10.0 Å². The van der Waals surface area contributed by atoms with Gasteiger partial charge in [-0.15, -0.1) is 0 Å². The first kappa shape index (κ1) is 19.5. The normalized spacial score (nSPS) is 11.1. The van der Waals surface area contributed by atoms with Crippen LogP contribution in [0.1, 0.15) is 17.1 Å². The van der Waals surface area contributed by atoms with Gasteiger partial charge in [-0.3, -0.25) is 4.79 Å². The molecular weight excluding hydrogens is 387 g/mol. The third kappa shape index (κ3) is 6.17. The summed E-state index contributed by atoms with van der Waals surface area (Å²) in [6, 6.07) is 12.9. The van der Waals surface area contributed by atoms with E-state index in [1.165, 1.54) is 0 Å². The largest absolute Gasteiger partial charge is 0.463 e. The summed E-state index contributed by atoms with van der Waals surface area (Å²) in [5.41, 5.74) is 0.955. The molecule has 0 atom stereocenters. The van der Waals surface area contributed by atoms with Gasteiger partial charge in [-0.05, 0) is 48.4 Å². The van der Waals surface area contributed by atoms with Crippen molar-refractivity contribution < 1.29 is 18.5 Å². The van der Waals surface area contributed by atoms with Gasteiger partial charge in [0.25, 0.3) is 5.91 Å². The van der Waals surface area contributed by atoms with Crippen LogP contribution in [0.15, 0.2) is 63.8 Å². The van der Waals surface area contributed by atoms with Crippen molar-refractivity contribution in [3.8, 4) is 0 Å². The topological polar surface area (TPSA) is 59.8 Å². The van der Waals surface area contributed by atoms with Crippen molar-refractivity contribution >= 4 is 29.1 Å². The predicted molar refractivity (Wildman–Crippen MR) is 104 cm³/mol. The van der Waals surface area contributed by atoms with Crippen molar-refractivity contribution in [2.45, 2.75) is 19.5 Å². The molecule has 3 rings (SSSR count). The zero-order chi connectivity index (χ0) is 19.1. The van der Waals surface area contributed by atoms with Crippen LogP contribution in [0.4, 0.5) is 0 Å². The number of hydrogen-bond donors (Lipinski definition) is 2. The number of carbonyl (C=O) groups is 1. The van der Waals surface area contributed by atoms with Gasteiger partial charge in [0.05, 0.1) is 12.5 Å². The number of halogens is 2. The maximum atomic E-state index is 12.4. The summed E-state index contributed by atoms with van der Waals surface area (Å²) >= 11 is 12.1. The van der Waals surface area contributed by atoms with Gasteiger partial charge in [0.1, 0.15) is 13.1 Å². The lowest BCUT2D eigenvalue weighted by molar-refractivity contribution is -0.921. The highest BCUT2D eigenvalue weighted by Gasteiger charge is 2.18. The molecule has 2 N–H and O–H groups in total. The molecule has 1 amide bonds. The Morgan fingerprint density at radius 1 is 1.00 bits per heavy atom. The van der Waals surface area contributed by atoms with E-state index in [0.717, 1.165) is 22.0 Å². The van der Waals surface area contributed by atoms with Crippen LogP contribution < -0.4 is 10.2 Å². The van der Waals surface area contributed by atoms with Gasteiger partial charge in [0.2, 0.25) is 0 Å². The minimum absolute atomic E-state index is 0.0341. The van der Waals surface area contributed by atoms with Crippen LogP contribution in [0, 0.1) is 0 Å². The van der Waals surface area contributed by atoms with E-state index in [-0.39, 0.29) is 5.91 Å². The summed E-state index contributed by atoms with van der Waals surface area (Å²) in [4.78, 5) is 13.4. The van der Waals surface area contributed by atoms with Gasteiger partial charge in [-0.1, -0.05) is 29.3 Å². The number of benzene rings is 1. The molecule has 2 aromatic heterocycles. The smallest absolute Gasteiger partial charge is 0.275 e. The molecule has 7 heteroatoms. The maximum Gasteiger partial charge on any atom is 0.275 e. The second kappa shape index (κ2) is 9.65. The molecule has 0 aliphatic carbocycles. The fourth-order valence-corrected chi connectivity index (χ4v) is 3.36. The SMILES string of the molecule is O=C(C[NH+](Cc1ccco1)Cc1ccco1)NCCc1ccc(Cl)cc1Cl. The summed E-state index contributed by atoms with van der Waals surface area (Å²) < 4.78 is 10.8. The molecule has 3 aromatic rings. The van der Waals surface area contributed by atoms with Crippen LogP contribution in [-0.2, 0) is 24.3 Å². The average Bonchev–Trinajstić information content (AvgIpc) is 3.31. The third-order valence-electron chi connectivity index (χ3n) is 4.15. The number of rotatable bonds is 9.